The monoisotopic (exact) mass is 517 g/mol. The van der Waals surface area contributed by atoms with Crippen molar-refractivity contribution in [3.05, 3.63) is 0 Å². The van der Waals surface area contributed by atoms with Crippen LogP contribution in [-0.4, -0.2) is 81.6 Å². The summed E-state index contributed by atoms with van der Waals surface area (Å²) in [5.41, 5.74) is 9.12. The number of rotatable bonds is 6. The Labute approximate surface area is 223 Å². The fourth-order valence-corrected chi connectivity index (χ4v) is 6.30. The molecule has 218 valence electrons. The average molecular weight is 518 g/mol. The minimum absolute atomic E-state index is 0. The van der Waals surface area contributed by atoms with E-state index in [9.17, 15) is 10.4 Å². The molecular weight excluding hydrogens is 454 g/mol. The van der Waals surface area contributed by atoms with Crippen molar-refractivity contribution >= 4 is 0 Å². The summed E-state index contributed by atoms with van der Waals surface area (Å²) in [6.07, 6.45) is 8.97. The van der Waals surface area contributed by atoms with E-state index >= 15 is 0 Å². The third kappa shape index (κ3) is 11.2. The predicted octanol–water partition coefficient (Wildman–Crippen LogP) is 4.76. The SMILES string of the molecule is C.C1CCOC1.CC1(C)CC(CCCNC2CC(C)(C)N(O)C(C)(C)C2)CC(C)(C)N1O.NCCN. The lowest BCUT2D eigenvalue weighted by Gasteiger charge is -2.52. The number of nitrogens with zero attached hydrogens (tertiary/aromatic N) is 2. The van der Waals surface area contributed by atoms with Crippen molar-refractivity contribution in [2.45, 2.75) is 142 Å². The van der Waals surface area contributed by atoms with Crippen molar-refractivity contribution in [2.24, 2.45) is 17.4 Å². The number of nitrogens with two attached hydrogens (primary N) is 2. The van der Waals surface area contributed by atoms with Crippen LogP contribution in [0.2, 0.25) is 0 Å². The zero-order chi connectivity index (χ0) is 26.9. The van der Waals surface area contributed by atoms with E-state index in [1.165, 1.54) is 25.7 Å². The molecule has 36 heavy (non-hydrogen) atoms. The number of hydroxylamine groups is 4. The first-order chi connectivity index (χ1) is 16.1. The normalized spacial score (nSPS) is 25.7. The smallest absolute Gasteiger partial charge is 0.0466 e. The van der Waals surface area contributed by atoms with E-state index < -0.39 is 0 Å². The highest BCUT2D eigenvalue weighted by Gasteiger charge is 2.46. The molecule has 0 aliphatic carbocycles. The maximum atomic E-state index is 10.4. The van der Waals surface area contributed by atoms with E-state index in [1.54, 1.807) is 10.1 Å². The van der Waals surface area contributed by atoms with Crippen LogP contribution in [-0.2, 0) is 4.74 Å². The summed E-state index contributed by atoms with van der Waals surface area (Å²) in [7, 11) is 0. The number of piperidine rings is 2. The Hall–Kier alpha value is -0.320. The molecule has 8 nitrogen and oxygen atoms in total. The lowest BCUT2D eigenvalue weighted by atomic mass is 9.74. The van der Waals surface area contributed by atoms with Crippen molar-refractivity contribution in [2.75, 3.05) is 32.8 Å². The fourth-order valence-electron chi connectivity index (χ4n) is 6.30. The molecule has 0 unspecified atom stereocenters. The number of ether oxygens (including phenoxy) is 1. The molecule has 0 aromatic heterocycles. The van der Waals surface area contributed by atoms with Crippen LogP contribution in [0.15, 0.2) is 0 Å². The van der Waals surface area contributed by atoms with Crippen LogP contribution < -0.4 is 16.8 Å². The third-order valence-electron chi connectivity index (χ3n) is 7.58. The van der Waals surface area contributed by atoms with Gasteiger partial charge in [-0.05, 0) is 119 Å². The standard InChI is InChI=1S/C21H43N3O2.C4H8O.C2H8N2.CH4/c1-18(2)12-16(13-19(3,4)23(18)25)10-9-11-22-17-14-20(5,6)24(26)21(7,8)15-17;1-2-4-5-3-1;3-1-2-4;/h16-17,22,25-26H,9-15H2,1-8H3;1-4H2;1-4H2;1H4. The Bertz CT molecular complexity index is 504. The lowest BCUT2D eigenvalue weighted by Crippen LogP contribution is -2.62. The summed E-state index contributed by atoms with van der Waals surface area (Å²) in [5.74, 6) is 0.664. The van der Waals surface area contributed by atoms with Gasteiger partial charge in [0.2, 0.25) is 0 Å². The number of nitrogens with one attached hydrogen (secondary N) is 1. The van der Waals surface area contributed by atoms with Crippen LogP contribution in [0.5, 0.6) is 0 Å². The van der Waals surface area contributed by atoms with E-state index in [2.05, 4.69) is 60.7 Å². The second-order valence-corrected chi connectivity index (χ2v) is 13.2. The van der Waals surface area contributed by atoms with E-state index in [4.69, 9.17) is 16.2 Å². The Balaban J connectivity index is 0.00000103. The first-order valence-electron chi connectivity index (χ1n) is 13.8. The molecule has 8 heteroatoms. The van der Waals surface area contributed by atoms with Gasteiger partial charge >= 0.3 is 0 Å². The molecule has 3 rings (SSSR count). The Morgan fingerprint density at radius 1 is 0.750 bits per heavy atom. The molecule has 0 aromatic carbocycles. The number of hydrogen-bond donors (Lipinski definition) is 5. The van der Waals surface area contributed by atoms with Crippen LogP contribution in [0.25, 0.3) is 0 Å². The zero-order valence-electron chi connectivity index (χ0n) is 24.2. The van der Waals surface area contributed by atoms with E-state index in [0.717, 1.165) is 45.4 Å². The van der Waals surface area contributed by atoms with Crippen molar-refractivity contribution in [3.8, 4) is 0 Å². The Morgan fingerprint density at radius 2 is 1.14 bits per heavy atom. The first kappa shape index (κ1) is 35.7. The van der Waals surface area contributed by atoms with Gasteiger partial charge in [0, 0.05) is 54.5 Å². The van der Waals surface area contributed by atoms with E-state index in [1.807, 2.05) is 0 Å². The zero-order valence-corrected chi connectivity index (χ0v) is 24.2. The quantitative estimate of drug-likeness (QED) is 0.320. The highest BCUT2D eigenvalue weighted by atomic mass is 16.5. The largest absolute Gasteiger partial charge is 0.381 e. The molecule has 0 amide bonds. The molecule has 3 heterocycles. The molecule has 0 atom stereocenters. The van der Waals surface area contributed by atoms with Gasteiger partial charge in [0.15, 0.2) is 0 Å². The van der Waals surface area contributed by atoms with Gasteiger partial charge in [-0.25, -0.2) is 0 Å². The molecule has 7 N–H and O–H groups in total. The molecule has 0 bridgehead atoms. The van der Waals surface area contributed by atoms with Crippen LogP contribution in [0, 0.1) is 5.92 Å². The highest BCUT2D eigenvalue weighted by molar-refractivity contribution is 4.99. The molecule has 0 aromatic rings. The van der Waals surface area contributed by atoms with E-state index in [-0.39, 0.29) is 29.6 Å². The van der Waals surface area contributed by atoms with Gasteiger partial charge in [-0.15, -0.1) is 0 Å². The van der Waals surface area contributed by atoms with Gasteiger partial charge in [0.1, 0.15) is 0 Å². The van der Waals surface area contributed by atoms with Gasteiger partial charge in [-0.2, -0.15) is 10.1 Å². The molecular formula is C28H63N5O3. The summed E-state index contributed by atoms with van der Waals surface area (Å²) >= 11 is 0. The Kier molecular flexibility index (Phi) is 15.2. The molecule has 3 aliphatic rings. The molecule has 0 radical (unpaired) electrons. The van der Waals surface area contributed by atoms with Crippen molar-refractivity contribution in [3.63, 3.8) is 0 Å². The van der Waals surface area contributed by atoms with Gasteiger partial charge in [0.05, 0.1) is 0 Å². The maximum absolute atomic E-state index is 10.4. The van der Waals surface area contributed by atoms with Crippen LogP contribution in [0.1, 0.15) is 114 Å². The number of hydrogen-bond acceptors (Lipinski definition) is 8. The second-order valence-electron chi connectivity index (χ2n) is 13.2. The molecule has 0 spiro atoms. The summed E-state index contributed by atoms with van der Waals surface area (Å²) in [5, 5.41) is 27.7. The van der Waals surface area contributed by atoms with Gasteiger partial charge in [-0.3, -0.25) is 0 Å². The molecule has 0 saturated carbocycles. The lowest BCUT2D eigenvalue weighted by molar-refractivity contribution is -0.251. The van der Waals surface area contributed by atoms with Crippen molar-refractivity contribution in [1.29, 1.82) is 0 Å². The molecule has 3 aliphatic heterocycles. The van der Waals surface area contributed by atoms with Crippen LogP contribution >= 0.6 is 0 Å². The minimum Gasteiger partial charge on any atom is -0.381 e. The summed E-state index contributed by atoms with van der Waals surface area (Å²) in [6.45, 7) is 21.3. The van der Waals surface area contributed by atoms with E-state index in [0.29, 0.717) is 25.0 Å². The second kappa shape index (κ2) is 15.3. The highest BCUT2D eigenvalue weighted by Crippen LogP contribution is 2.41. The Morgan fingerprint density at radius 3 is 1.47 bits per heavy atom. The predicted molar refractivity (Wildman–Crippen MR) is 151 cm³/mol. The summed E-state index contributed by atoms with van der Waals surface area (Å²) in [6, 6.07) is 0.454. The average Bonchev–Trinajstić information content (AvgIpc) is 3.33. The molecule has 3 saturated heterocycles. The minimum atomic E-state index is -0.193. The summed E-state index contributed by atoms with van der Waals surface area (Å²) < 4.78 is 4.94. The van der Waals surface area contributed by atoms with Crippen molar-refractivity contribution < 1.29 is 15.2 Å². The van der Waals surface area contributed by atoms with Crippen LogP contribution in [0.4, 0.5) is 0 Å². The van der Waals surface area contributed by atoms with Crippen molar-refractivity contribution in [1.82, 2.24) is 15.4 Å². The third-order valence-corrected chi connectivity index (χ3v) is 7.58. The topological polar surface area (TPSA) is 120 Å². The maximum Gasteiger partial charge on any atom is 0.0466 e. The van der Waals surface area contributed by atoms with Gasteiger partial charge < -0.3 is 31.9 Å². The van der Waals surface area contributed by atoms with Crippen LogP contribution in [0.3, 0.4) is 0 Å². The molecule has 3 fully saturated rings. The first-order valence-corrected chi connectivity index (χ1v) is 13.8. The fraction of sp³-hybridized carbons (Fsp3) is 1.00. The van der Waals surface area contributed by atoms with Gasteiger partial charge in [-0.1, -0.05) is 7.43 Å². The summed E-state index contributed by atoms with van der Waals surface area (Å²) in [4.78, 5) is 0. The van der Waals surface area contributed by atoms with Gasteiger partial charge in [0.25, 0.3) is 0 Å².